The van der Waals surface area contributed by atoms with E-state index < -0.39 is 23.6 Å². The highest BCUT2D eigenvalue weighted by atomic mass is 79.9. The van der Waals surface area contributed by atoms with Gasteiger partial charge in [0.2, 0.25) is 11.8 Å². The van der Waals surface area contributed by atoms with E-state index >= 15 is 0 Å². The summed E-state index contributed by atoms with van der Waals surface area (Å²) >= 11 is 4.45. The van der Waals surface area contributed by atoms with Gasteiger partial charge in [-0.15, -0.1) is 0 Å². The summed E-state index contributed by atoms with van der Waals surface area (Å²) in [6.45, 7) is 0. The van der Waals surface area contributed by atoms with Crippen molar-refractivity contribution in [2.75, 3.05) is 7.11 Å². The Balaban J connectivity index is 2.64. The third-order valence-corrected chi connectivity index (χ3v) is 3.87. The van der Waals surface area contributed by atoms with Gasteiger partial charge < -0.3 is 4.74 Å². The van der Waals surface area contributed by atoms with Gasteiger partial charge >= 0.3 is 6.18 Å². The first-order valence-electron chi connectivity index (χ1n) is 4.75. The van der Waals surface area contributed by atoms with Crippen molar-refractivity contribution in [3.05, 3.63) is 26.7 Å². The largest absolute Gasteiger partial charge is 0.480 e. The van der Waals surface area contributed by atoms with Crippen LogP contribution in [0.1, 0.15) is 5.56 Å². The average Bonchev–Trinajstić information content (AvgIpc) is 2.72. The molecule has 102 valence electrons. The van der Waals surface area contributed by atoms with E-state index in [4.69, 9.17) is 0 Å². The van der Waals surface area contributed by atoms with Crippen LogP contribution in [0.15, 0.2) is 15.2 Å². The van der Waals surface area contributed by atoms with Crippen LogP contribution in [0.4, 0.5) is 17.6 Å². The summed E-state index contributed by atoms with van der Waals surface area (Å²) in [5.74, 6) is -2.67. The van der Waals surface area contributed by atoms with Gasteiger partial charge in [-0.05, 0) is 15.9 Å². The molecule has 0 aliphatic carbocycles. The summed E-state index contributed by atoms with van der Waals surface area (Å²) in [7, 11) is 0.990. The maximum absolute atomic E-state index is 13.6. The predicted octanol–water partition coefficient (Wildman–Crippen LogP) is 4.13. The molecule has 3 nitrogen and oxygen atoms in total. The molecule has 0 N–H and O–H groups in total. The minimum absolute atomic E-state index is 0.171. The fourth-order valence-corrected chi connectivity index (χ4v) is 2.81. The zero-order chi connectivity index (χ0) is 14.2. The zero-order valence-electron chi connectivity index (χ0n) is 9.26. The predicted molar refractivity (Wildman–Crippen MR) is 64.6 cm³/mol. The van der Waals surface area contributed by atoms with Gasteiger partial charge in [0, 0.05) is 20.8 Å². The fraction of sp³-hybridized carbons (Fsp3) is 0.200. The summed E-state index contributed by atoms with van der Waals surface area (Å²) in [4.78, 5) is 6.86. The van der Waals surface area contributed by atoms with E-state index in [0.717, 1.165) is 7.11 Å². The number of nitrogens with zero attached hydrogens (tertiary/aromatic N) is 2. The topological polar surface area (TPSA) is 35.0 Å². The lowest BCUT2D eigenvalue weighted by Crippen LogP contribution is -2.14. The lowest BCUT2D eigenvalue weighted by molar-refractivity contribution is -0.142. The maximum atomic E-state index is 13.6. The highest BCUT2D eigenvalue weighted by Gasteiger charge is 2.40. The molecule has 2 heterocycles. The second-order valence-corrected chi connectivity index (χ2v) is 4.95. The van der Waals surface area contributed by atoms with Crippen LogP contribution in [0.3, 0.4) is 0 Å². The number of alkyl halides is 3. The molecule has 0 aliphatic heterocycles. The van der Waals surface area contributed by atoms with E-state index in [2.05, 4.69) is 30.6 Å². The van der Waals surface area contributed by atoms with Crippen molar-refractivity contribution in [1.29, 1.82) is 0 Å². The van der Waals surface area contributed by atoms with Gasteiger partial charge in [0.25, 0.3) is 0 Å². The Labute approximate surface area is 117 Å². The van der Waals surface area contributed by atoms with Crippen molar-refractivity contribution in [1.82, 2.24) is 9.97 Å². The van der Waals surface area contributed by atoms with Gasteiger partial charge in [-0.25, -0.2) is 0 Å². The quantitative estimate of drug-likeness (QED) is 0.599. The normalized spacial score (nSPS) is 11.7. The van der Waals surface area contributed by atoms with Crippen molar-refractivity contribution in [3.8, 4) is 17.3 Å². The molecule has 2 aromatic rings. The molecule has 0 aromatic carbocycles. The molecule has 2 aromatic heterocycles. The van der Waals surface area contributed by atoms with E-state index in [1.54, 1.807) is 10.8 Å². The highest BCUT2D eigenvalue weighted by molar-refractivity contribution is 9.10. The molecular weight excluding hydrogens is 352 g/mol. The molecule has 0 amide bonds. The molecule has 0 radical (unpaired) electrons. The van der Waals surface area contributed by atoms with Gasteiger partial charge in [0.05, 0.1) is 7.11 Å². The van der Waals surface area contributed by atoms with Crippen LogP contribution in [0.5, 0.6) is 5.88 Å². The van der Waals surface area contributed by atoms with Crippen LogP contribution in [0.25, 0.3) is 11.4 Å². The van der Waals surface area contributed by atoms with Gasteiger partial charge in [-0.1, -0.05) is 0 Å². The molecular formula is C10H5BrF4N2OS. The number of halogens is 5. The smallest absolute Gasteiger partial charge is 0.426 e. The molecule has 0 atom stereocenters. The Hall–Kier alpha value is -1.22. The van der Waals surface area contributed by atoms with E-state index in [1.807, 2.05) is 0 Å². The van der Waals surface area contributed by atoms with E-state index in [1.165, 1.54) is 11.3 Å². The minimum Gasteiger partial charge on any atom is -0.480 e. The van der Waals surface area contributed by atoms with Crippen LogP contribution < -0.4 is 4.74 Å². The molecule has 0 fully saturated rings. The van der Waals surface area contributed by atoms with Crippen LogP contribution in [0, 0.1) is 5.95 Å². The van der Waals surface area contributed by atoms with Crippen LogP contribution in [-0.4, -0.2) is 17.1 Å². The monoisotopic (exact) mass is 356 g/mol. The van der Waals surface area contributed by atoms with Crippen molar-refractivity contribution in [2.45, 2.75) is 6.18 Å². The molecule has 0 saturated carbocycles. The SMILES string of the molecule is COc1nc(-c2cscc2Br)nc(F)c1C(F)(F)F. The minimum atomic E-state index is -4.92. The van der Waals surface area contributed by atoms with Crippen molar-refractivity contribution >= 4 is 27.3 Å². The van der Waals surface area contributed by atoms with Crippen molar-refractivity contribution < 1.29 is 22.3 Å². The number of aromatic nitrogens is 2. The number of thiophene rings is 1. The second-order valence-electron chi connectivity index (χ2n) is 3.35. The molecule has 0 aliphatic rings. The second kappa shape index (κ2) is 5.04. The average molecular weight is 357 g/mol. The number of hydrogen-bond acceptors (Lipinski definition) is 4. The third kappa shape index (κ3) is 2.71. The van der Waals surface area contributed by atoms with Gasteiger partial charge in [-0.2, -0.15) is 38.9 Å². The molecule has 0 bridgehead atoms. The molecule has 19 heavy (non-hydrogen) atoms. The Morgan fingerprint density at radius 3 is 2.42 bits per heavy atom. The maximum Gasteiger partial charge on any atom is 0.426 e. The molecule has 0 unspecified atom stereocenters. The number of rotatable bonds is 2. The van der Waals surface area contributed by atoms with E-state index in [0.29, 0.717) is 10.0 Å². The lowest BCUT2D eigenvalue weighted by Gasteiger charge is -2.12. The summed E-state index contributed by atoms with van der Waals surface area (Å²) in [6, 6.07) is 0. The summed E-state index contributed by atoms with van der Waals surface area (Å²) in [6.07, 6.45) is -4.92. The van der Waals surface area contributed by atoms with Crippen LogP contribution >= 0.6 is 27.3 Å². The van der Waals surface area contributed by atoms with Gasteiger partial charge in [0.1, 0.15) is 0 Å². The highest BCUT2D eigenvalue weighted by Crippen LogP contribution is 2.38. The van der Waals surface area contributed by atoms with Gasteiger partial charge in [-0.3, -0.25) is 0 Å². The first-order chi connectivity index (χ1) is 8.84. The van der Waals surface area contributed by atoms with Crippen LogP contribution in [-0.2, 0) is 6.18 Å². The Morgan fingerprint density at radius 2 is 1.95 bits per heavy atom. The lowest BCUT2D eigenvalue weighted by atomic mass is 10.2. The third-order valence-electron chi connectivity index (χ3n) is 2.16. The van der Waals surface area contributed by atoms with Gasteiger partial charge in [0.15, 0.2) is 11.4 Å². The molecule has 2 rings (SSSR count). The Kier molecular flexibility index (Phi) is 3.77. The Bertz CT molecular complexity index is 614. The van der Waals surface area contributed by atoms with E-state index in [-0.39, 0.29) is 5.82 Å². The standard InChI is InChI=1S/C10H5BrF4N2OS/c1-18-9-6(10(13,14)15)7(12)16-8(17-9)4-2-19-3-5(4)11/h2-3H,1H3. The van der Waals surface area contributed by atoms with E-state index in [9.17, 15) is 17.6 Å². The number of methoxy groups -OCH3 is 1. The van der Waals surface area contributed by atoms with Crippen molar-refractivity contribution in [2.24, 2.45) is 0 Å². The Morgan fingerprint density at radius 1 is 1.26 bits per heavy atom. The molecule has 0 saturated heterocycles. The molecule has 9 heteroatoms. The first-order valence-corrected chi connectivity index (χ1v) is 6.49. The summed E-state index contributed by atoms with van der Waals surface area (Å²) < 4.78 is 56.6. The zero-order valence-corrected chi connectivity index (χ0v) is 11.7. The summed E-state index contributed by atoms with van der Waals surface area (Å²) in [5, 5.41) is 3.27. The number of hydrogen-bond donors (Lipinski definition) is 0. The fourth-order valence-electron chi connectivity index (χ4n) is 1.36. The number of ether oxygens (including phenoxy) is 1. The van der Waals surface area contributed by atoms with Crippen LogP contribution in [0.2, 0.25) is 0 Å². The first kappa shape index (κ1) is 14.2. The summed E-state index contributed by atoms with van der Waals surface area (Å²) in [5.41, 5.74) is -1.21. The van der Waals surface area contributed by atoms with Crippen molar-refractivity contribution in [3.63, 3.8) is 0 Å². The molecule has 0 spiro atoms.